The molecule has 2 nitrogen and oxygen atoms in total. The molecule has 0 unspecified atom stereocenters. The molecule has 1 aliphatic rings. The van der Waals surface area contributed by atoms with Crippen LogP contribution in [0.2, 0.25) is 0 Å². The van der Waals surface area contributed by atoms with Crippen molar-refractivity contribution in [2.24, 2.45) is 5.92 Å². The zero-order valence-corrected chi connectivity index (χ0v) is 8.65. The average Bonchev–Trinajstić information content (AvgIpc) is 2.23. The first-order chi connectivity index (χ1) is 6.84. The van der Waals surface area contributed by atoms with E-state index in [1.165, 1.54) is 25.7 Å². The summed E-state index contributed by atoms with van der Waals surface area (Å²) in [5, 5.41) is 0. The lowest BCUT2D eigenvalue weighted by Crippen LogP contribution is -2.22. The van der Waals surface area contributed by atoms with Crippen molar-refractivity contribution < 1.29 is 4.74 Å². The van der Waals surface area contributed by atoms with E-state index in [1.807, 2.05) is 12.1 Å². The molecule has 1 aliphatic carbocycles. The summed E-state index contributed by atoms with van der Waals surface area (Å²) in [6.45, 7) is 2.32. The summed E-state index contributed by atoms with van der Waals surface area (Å²) in [5.41, 5.74) is 0. The molecule has 0 amide bonds. The number of hydrogen-bond acceptors (Lipinski definition) is 2. The molecule has 0 aliphatic heterocycles. The summed E-state index contributed by atoms with van der Waals surface area (Å²) in [6.07, 6.45) is 8.98. The van der Waals surface area contributed by atoms with Gasteiger partial charge < -0.3 is 4.74 Å². The molecule has 1 fully saturated rings. The summed E-state index contributed by atoms with van der Waals surface area (Å²) >= 11 is 0. The van der Waals surface area contributed by atoms with Crippen molar-refractivity contribution in [3.8, 4) is 5.75 Å². The van der Waals surface area contributed by atoms with Crippen LogP contribution in [0.1, 0.15) is 32.6 Å². The molecule has 76 valence electrons. The van der Waals surface area contributed by atoms with Gasteiger partial charge in [0.25, 0.3) is 0 Å². The second-order valence-corrected chi connectivity index (χ2v) is 4.18. The van der Waals surface area contributed by atoms with Crippen LogP contribution < -0.4 is 4.74 Å². The summed E-state index contributed by atoms with van der Waals surface area (Å²) in [7, 11) is 0. The van der Waals surface area contributed by atoms with E-state index in [2.05, 4.69) is 11.9 Å². The Kier molecular flexibility index (Phi) is 3.02. The van der Waals surface area contributed by atoms with Gasteiger partial charge in [-0.3, -0.25) is 4.98 Å². The van der Waals surface area contributed by atoms with Gasteiger partial charge in [-0.05, 0) is 43.7 Å². The van der Waals surface area contributed by atoms with Gasteiger partial charge in [0.1, 0.15) is 5.75 Å². The number of hydrogen-bond donors (Lipinski definition) is 0. The van der Waals surface area contributed by atoms with Crippen LogP contribution in [0, 0.1) is 5.92 Å². The zero-order chi connectivity index (χ0) is 9.80. The molecule has 0 spiro atoms. The van der Waals surface area contributed by atoms with Gasteiger partial charge in [-0.2, -0.15) is 0 Å². The second kappa shape index (κ2) is 4.45. The highest BCUT2D eigenvalue weighted by molar-refractivity contribution is 5.17. The highest BCUT2D eigenvalue weighted by atomic mass is 16.5. The maximum Gasteiger partial charge on any atom is 0.122 e. The standard InChI is InChI=1S/C12H17NO/c1-10-2-4-11(5-3-10)14-12-6-8-13-9-7-12/h6-11H,2-5H2,1H3. The summed E-state index contributed by atoms with van der Waals surface area (Å²) < 4.78 is 5.86. The predicted molar refractivity (Wildman–Crippen MR) is 56.3 cm³/mol. The average molecular weight is 191 g/mol. The predicted octanol–water partition coefficient (Wildman–Crippen LogP) is 3.04. The third-order valence-electron chi connectivity index (χ3n) is 2.92. The van der Waals surface area contributed by atoms with Gasteiger partial charge in [-0.1, -0.05) is 6.92 Å². The Labute approximate surface area is 85.3 Å². The minimum Gasteiger partial charge on any atom is -0.490 e. The van der Waals surface area contributed by atoms with Crippen molar-refractivity contribution in [3.63, 3.8) is 0 Å². The minimum atomic E-state index is 0.425. The van der Waals surface area contributed by atoms with Crippen molar-refractivity contribution in [3.05, 3.63) is 24.5 Å². The van der Waals surface area contributed by atoms with Gasteiger partial charge >= 0.3 is 0 Å². The van der Waals surface area contributed by atoms with Crippen molar-refractivity contribution in [2.75, 3.05) is 0 Å². The van der Waals surface area contributed by atoms with Crippen LogP contribution in [-0.4, -0.2) is 11.1 Å². The molecule has 1 heterocycles. The van der Waals surface area contributed by atoms with E-state index in [4.69, 9.17) is 4.74 Å². The number of rotatable bonds is 2. The Morgan fingerprint density at radius 3 is 2.43 bits per heavy atom. The molecule has 2 heteroatoms. The lowest BCUT2D eigenvalue weighted by molar-refractivity contribution is 0.135. The molecule has 0 radical (unpaired) electrons. The fourth-order valence-corrected chi connectivity index (χ4v) is 1.96. The lowest BCUT2D eigenvalue weighted by Gasteiger charge is -2.26. The van der Waals surface area contributed by atoms with E-state index in [0.717, 1.165) is 11.7 Å². The molecular formula is C12H17NO. The second-order valence-electron chi connectivity index (χ2n) is 4.18. The van der Waals surface area contributed by atoms with Crippen LogP contribution in [0.5, 0.6) is 5.75 Å². The Balaban J connectivity index is 1.87. The molecule has 0 bridgehead atoms. The molecule has 2 rings (SSSR count). The number of aromatic nitrogens is 1. The molecule has 14 heavy (non-hydrogen) atoms. The maximum absolute atomic E-state index is 5.86. The van der Waals surface area contributed by atoms with E-state index in [9.17, 15) is 0 Å². The maximum atomic E-state index is 5.86. The van der Waals surface area contributed by atoms with Gasteiger partial charge in [0.15, 0.2) is 0 Å². The Morgan fingerprint density at radius 1 is 1.14 bits per heavy atom. The van der Waals surface area contributed by atoms with Crippen LogP contribution >= 0.6 is 0 Å². The fraction of sp³-hybridized carbons (Fsp3) is 0.583. The van der Waals surface area contributed by atoms with Gasteiger partial charge in [-0.25, -0.2) is 0 Å². The third kappa shape index (κ3) is 2.47. The zero-order valence-electron chi connectivity index (χ0n) is 8.65. The summed E-state index contributed by atoms with van der Waals surface area (Å²) in [4.78, 5) is 3.97. The van der Waals surface area contributed by atoms with Crippen molar-refractivity contribution in [1.29, 1.82) is 0 Å². The first kappa shape index (κ1) is 9.50. The lowest BCUT2D eigenvalue weighted by atomic mass is 9.89. The largest absolute Gasteiger partial charge is 0.490 e. The summed E-state index contributed by atoms with van der Waals surface area (Å²) in [6, 6.07) is 3.86. The van der Waals surface area contributed by atoms with Crippen molar-refractivity contribution in [2.45, 2.75) is 38.7 Å². The van der Waals surface area contributed by atoms with Crippen LogP contribution in [0.4, 0.5) is 0 Å². The van der Waals surface area contributed by atoms with Gasteiger partial charge in [-0.15, -0.1) is 0 Å². The van der Waals surface area contributed by atoms with Crippen molar-refractivity contribution in [1.82, 2.24) is 4.98 Å². The van der Waals surface area contributed by atoms with E-state index < -0.39 is 0 Å². The molecular weight excluding hydrogens is 174 g/mol. The Bertz CT molecular complexity index is 265. The first-order valence-corrected chi connectivity index (χ1v) is 5.41. The molecule has 0 saturated heterocycles. The van der Waals surface area contributed by atoms with Crippen LogP contribution in [0.3, 0.4) is 0 Å². The fourth-order valence-electron chi connectivity index (χ4n) is 1.96. The van der Waals surface area contributed by atoms with E-state index in [0.29, 0.717) is 6.10 Å². The molecule has 0 N–H and O–H groups in total. The molecule has 0 aromatic carbocycles. The topological polar surface area (TPSA) is 22.1 Å². The molecule has 1 saturated carbocycles. The highest BCUT2D eigenvalue weighted by Gasteiger charge is 2.19. The molecule has 1 aromatic heterocycles. The first-order valence-electron chi connectivity index (χ1n) is 5.41. The number of nitrogens with zero attached hydrogens (tertiary/aromatic N) is 1. The smallest absolute Gasteiger partial charge is 0.122 e. The monoisotopic (exact) mass is 191 g/mol. The van der Waals surface area contributed by atoms with Crippen LogP contribution in [0.15, 0.2) is 24.5 Å². The van der Waals surface area contributed by atoms with E-state index >= 15 is 0 Å². The molecule has 0 atom stereocenters. The third-order valence-corrected chi connectivity index (χ3v) is 2.92. The normalized spacial score (nSPS) is 27.2. The van der Waals surface area contributed by atoms with Gasteiger partial charge in [0.05, 0.1) is 6.10 Å². The summed E-state index contributed by atoms with van der Waals surface area (Å²) in [5.74, 6) is 1.84. The van der Waals surface area contributed by atoms with Crippen LogP contribution in [0.25, 0.3) is 0 Å². The number of pyridine rings is 1. The van der Waals surface area contributed by atoms with Gasteiger partial charge in [0.2, 0.25) is 0 Å². The van der Waals surface area contributed by atoms with Gasteiger partial charge in [0, 0.05) is 12.4 Å². The van der Waals surface area contributed by atoms with Crippen molar-refractivity contribution >= 4 is 0 Å². The SMILES string of the molecule is CC1CCC(Oc2ccncc2)CC1. The number of ether oxygens (including phenoxy) is 1. The van der Waals surface area contributed by atoms with E-state index in [-0.39, 0.29) is 0 Å². The molecule has 1 aromatic rings. The Hall–Kier alpha value is -1.05. The van der Waals surface area contributed by atoms with Crippen LogP contribution in [-0.2, 0) is 0 Å². The van der Waals surface area contributed by atoms with E-state index in [1.54, 1.807) is 12.4 Å². The highest BCUT2D eigenvalue weighted by Crippen LogP contribution is 2.26. The Morgan fingerprint density at radius 2 is 1.79 bits per heavy atom. The minimum absolute atomic E-state index is 0.425. The quantitative estimate of drug-likeness (QED) is 0.716.